The van der Waals surface area contributed by atoms with Crippen molar-refractivity contribution in [1.29, 1.82) is 0 Å². The lowest BCUT2D eigenvalue weighted by Gasteiger charge is -2.19. The summed E-state index contributed by atoms with van der Waals surface area (Å²) in [7, 11) is -4.40. The first kappa shape index (κ1) is 77.4. The number of esters is 2. The molecule has 0 radical (unpaired) electrons. The maximum atomic E-state index is 12.8. The molecule has 0 aromatic rings. The topological polar surface area (TPSA) is 134 Å². The lowest BCUT2D eigenvalue weighted by Crippen LogP contribution is -2.29. The van der Waals surface area contributed by atoms with E-state index in [9.17, 15) is 19.0 Å². The molecule has 0 saturated heterocycles. The second-order valence-corrected chi connectivity index (χ2v) is 23.0. The predicted molar refractivity (Wildman–Crippen MR) is 348 cm³/mol. The third-order valence-corrected chi connectivity index (χ3v) is 14.8. The monoisotopic (exact) mass is 1150 g/mol. The van der Waals surface area contributed by atoms with Crippen LogP contribution in [0.3, 0.4) is 0 Å². The van der Waals surface area contributed by atoms with Crippen LogP contribution in [-0.4, -0.2) is 49.3 Å². The van der Waals surface area contributed by atoms with Crippen LogP contribution < -0.4 is 5.73 Å². The van der Waals surface area contributed by atoms with Crippen molar-refractivity contribution >= 4 is 19.8 Å². The first-order valence-electron chi connectivity index (χ1n) is 33.0. The Morgan fingerprint density at radius 3 is 0.951 bits per heavy atom. The number of hydrogen-bond donors (Lipinski definition) is 2. The lowest BCUT2D eigenvalue weighted by molar-refractivity contribution is -0.161. The van der Waals surface area contributed by atoms with Gasteiger partial charge in [-0.2, -0.15) is 0 Å². The minimum absolute atomic E-state index is 0.0490. The molecule has 0 aliphatic rings. The summed E-state index contributed by atoms with van der Waals surface area (Å²) in [4.78, 5) is 35.3. The zero-order chi connectivity index (χ0) is 58.7. The van der Waals surface area contributed by atoms with Crippen molar-refractivity contribution in [3.8, 4) is 0 Å². The summed E-state index contributed by atoms with van der Waals surface area (Å²) in [6.45, 7) is 3.53. The summed E-state index contributed by atoms with van der Waals surface area (Å²) >= 11 is 0. The molecule has 9 nitrogen and oxygen atoms in total. The Hall–Kier alpha value is -3.59. The SMILES string of the molecule is CC/C=C\C/C=C\C/C=C\C/C=C\C/C=C\CCCCCCCCCCCCCCCCCCCC(=O)OC(COC(=O)CCCCCCCCCCCCC/C=C\C/C=C\C/C=C\C/C=C\C/C=C\CC)COP(=O)(O)OCCN. The maximum Gasteiger partial charge on any atom is 0.472 e. The van der Waals surface area contributed by atoms with Gasteiger partial charge in [0.05, 0.1) is 13.2 Å². The van der Waals surface area contributed by atoms with E-state index in [0.717, 1.165) is 109 Å². The predicted octanol–water partition coefficient (Wildman–Crippen LogP) is 21.5. The van der Waals surface area contributed by atoms with Gasteiger partial charge in [0, 0.05) is 19.4 Å². The molecule has 0 fully saturated rings. The van der Waals surface area contributed by atoms with E-state index in [0.29, 0.717) is 6.42 Å². The number of rotatable bonds is 61. The molecule has 2 atom stereocenters. The van der Waals surface area contributed by atoms with Gasteiger partial charge in [0.25, 0.3) is 0 Å². The number of carbonyl (C=O) groups excluding carboxylic acids is 2. The van der Waals surface area contributed by atoms with E-state index in [1.54, 1.807) is 0 Å². The maximum absolute atomic E-state index is 12.8. The molecule has 81 heavy (non-hydrogen) atoms. The van der Waals surface area contributed by atoms with Crippen LogP contribution in [0.4, 0.5) is 0 Å². The second kappa shape index (κ2) is 65.6. The smallest absolute Gasteiger partial charge is 0.462 e. The fourth-order valence-corrected chi connectivity index (χ4v) is 9.81. The number of carbonyl (C=O) groups is 2. The molecule has 0 heterocycles. The van der Waals surface area contributed by atoms with Crippen LogP contribution in [0.1, 0.15) is 284 Å². The van der Waals surface area contributed by atoms with E-state index in [-0.39, 0.29) is 38.6 Å². The highest BCUT2D eigenvalue weighted by Gasteiger charge is 2.26. The van der Waals surface area contributed by atoms with Crippen molar-refractivity contribution in [2.75, 3.05) is 26.4 Å². The summed E-state index contributed by atoms with van der Waals surface area (Å²) in [5.74, 6) is -0.828. The number of hydrogen-bond acceptors (Lipinski definition) is 8. The Labute approximate surface area is 498 Å². The number of unbranched alkanes of at least 4 members (excludes halogenated alkanes) is 28. The summed E-state index contributed by atoms with van der Waals surface area (Å²) in [6.07, 6.45) is 91.3. The van der Waals surface area contributed by atoms with Crippen molar-refractivity contribution in [2.24, 2.45) is 5.73 Å². The first-order chi connectivity index (χ1) is 39.8. The third kappa shape index (κ3) is 65.4. The molecular weight excluding hydrogens is 1030 g/mol. The number of phosphoric acid groups is 1. The Morgan fingerprint density at radius 1 is 0.370 bits per heavy atom. The molecule has 0 rings (SSSR count). The van der Waals surface area contributed by atoms with E-state index >= 15 is 0 Å². The number of nitrogens with two attached hydrogens (primary N) is 1. The molecule has 464 valence electrons. The zero-order valence-electron chi connectivity index (χ0n) is 52.0. The van der Waals surface area contributed by atoms with Crippen molar-refractivity contribution in [3.05, 3.63) is 122 Å². The summed E-state index contributed by atoms with van der Waals surface area (Å²) in [5.41, 5.74) is 5.40. The van der Waals surface area contributed by atoms with Crippen molar-refractivity contribution in [3.63, 3.8) is 0 Å². The first-order valence-corrected chi connectivity index (χ1v) is 34.5. The Morgan fingerprint density at radius 2 is 0.642 bits per heavy atom. The lowest BCUT2D eigenvalue weighted by atomic mass is 10.0. The van der Waals surface area contributed by atoms with E-state index in [2.05, 4.69) is 135 Å². The molecule has 0 spiro atoms. The van der Waals surface area contributed by atoms with E-state index in [1.807, 2.05) is 0 Å². The number of ether oxygens (including phenoxy) is 2. The highest BCUT2D eigenvalue weighted by Crippen LogP contribution is 2.43. The van der Waals surface area contributed by atoms with Gasteiger partial charge in [-0.15, -0.1) is 0 Å². The van der Waals surface area contributed by atoms with Gasteiger partial charge in [0.1, 0.15) is 6.61 Å². The molecule has 0 aliphatic heterocycles. The largest absolute Gasteiger partial charge is 0.472 e. The van der Waals surface area contributed by atoms with Gasteiger partial charge in [0.15, 0.2) is 6.10 Å². The van der Waals surface area contributed by atoms with Gasteiger partial charge in [-0.25, -0.2) is 4.57 Å². The van der Waals surface area contributed by atoms with Gasteiger partial charge >= 0.3 is 19.8 Å². The summed E-state index contributed by atoms with van der Waals surface area (Å²) < 4.78 is 33.2. The van der Waals surface area contributed by atoms with Gasteiger partial charge in [-0.05, 0) is 103 Å². The van der Waals surface area contributed by atoms with Gasteiger partial charge in [-0.3, -0.25) is 18.6 Å². The van der Waals surface area contributed by atoms with Crippen LogP contribution in [-0.2, 0) is 32.7 Å². The van der Waals surface area contributed by atoms with Crippen LogP contribution in [0.15, 0.2) is 122 Å². The minimum atomic E-state index is -4.40. The van der Waals surface area contributed by atoms with Crippen LogP contribution in [0.2, 0.25) is 0 Å². The molecule has 0 aromatic heterocycles. The minimum Gasteiger partial charge on any atom is -0.462 e. The fourth-order valence-electron chi connectivity index (χ4n) is 9.04. The van der Waals surface area contributed by atoms with Crippen LogP contribution >= 0.6 is 7.82 Å². The van der Waals surface area contributed by atoms with Crippen molar-refractivity contribution in [1.82, 2.24) is 0 Å². The molecule has 0 saturated carbocycles. The number of allylic oxidation sites excluding steroid dienone is 20. The molecule has 3 N–H and O–H groups in total. The summed E-state index contributed by atoms with van der Waals surface area (Å²) in [5, 5.41) is 0. The number of phosphoric ester groups is 1. The zero-order valence-corrected chi connectivity index (χ0v) is 52.9. The van der Waals surface area contributed by atoms with Gasteiger partial charge in [0.2, 0.25) is 0 Å². The molecule has 2 unspecified atom stereocenters. The molecule has 0 bridgehead atoms. The van der Waals surface area contributed by atoms with Crippen molar-refractivity contribution in [2.45, 2.75) is 290 Å². The van der Waals surface area contributed by atoms with Crippen LogP contribution in [0.25, 0.3) is 0 Å². The highest BCUT2D eigenvalue weighted by molar-refractivity contribution is 7.47. The second-order valence-electron chi connectivity index (χ2n) is 21.6. The van der Waals surface area contributed by atoms with E-state index in [4.69, 9.17) is 24.3 Å². The fraction of sp³-hybridized carbons (Fsp3) is 0.690. The van der Waals surface area contributed by atoms with E-state index < -0.39 is 26.5 Å². The average Bonchev–Trinajstić information content (AvgIpc) is 3.46. The molecule has 0 amide bonds. The van der Waals surface area contributed by atoms with Crippen molar-refractivity contribution < 1.29 is 37.6 Å². The average molecular weight is 1150 g/mol. The highest BCUT2D eigenvalue weighted by atomic mass is 31.2. The molecule has 10 heteroatoms. The summed E-state index contributed by atoms with van der Waals surface area (Å²) in [6, 6.07) is 0. The molecule has 0 aromatic carbocycles. The van der Waals surface area contributed by atoms with E-state index in [1.165, 1.54) is 141 Å². The van der Waals surface area contributed by atoms with Gasteiger partial charge < -0.3 is 20.1 Å². The van der Waals surface area contributed by atoms with Crippen LogP contribution in [0.5, 0.6) is 0 Å². The third-order valence-electron chi connectivity index (χ3n) is 13.8. The van der Waals surface area contributed by atoms with Gasteiger partial charge in [-0.1, -0.05) is 289 Å². The standard InChI is InChI=1S/C71H122NO8P/c1-3-5-7-9-11-13-15-17-19-21-23-25-27-29-31-32-33-34-35-36-38-40-42-44-46-48-50-52-54-56-58-60-62-64-71(74)80-69(68-79-81(75,76)78-66-65-72)67-77-70(73)63-61-59-57-55-53-51-49-47-45-43-41-39-37-30-28-26-24-22-20-18-16-14-12-10-8-6-4-2/h5-8,11-14,17-20,23-26,29-31,37,69H,3-4,9-10,15-16,21-22,27-28,32-36,38-68,72H2,1-2H3,(H,75,76)/b7-5-,8-6-,13-11-,14-12-,19-17-,20-18-,25-23-,26-24-,31-29-,37-30-. The Balaban J connectivity index is 3.91. The normalized spacial score (nSPS) is 13.8. The van der Waals surface area contributed by atoms with Crippen LogP contribution in [0, 0.1) is 0 Å². The Kier molecular flexibility index (Phi) is 62.7. The molecular formula is C71H122NO8P. The quantitative estimate of drug-likeness (QED) is 0.0264. The Bertz CT molecular complexity index is 1740. The molecule has 0 aliphatic carbocycles.